The lowest BCUT2D eigenvalue weighted by molar-refractivity contribution is -0.140. The van der Waals surface area contributed by atoms with E-state index in [4.69, 9.17) is 5.11 Å². The molecule has 18 heavy (non-hydrogen) atoms. The first-order valence-corrected chi connectivity index (χ1v) is 5.95. The molecule has 1 atom stereocenters. The van der Waals surface area contributed by atoms with Crippen LogP contribution in [0, 0.1) is 19.8 Å². The Labute approximate surface area is 107 Å². The van der Waals surface area contributed by atoms with Crippen molar-refractivity contribution >= 4 is 11.9 Å². The van der Waals surface area contributed by atoms with E-state index >= 15 is 0 Å². The Morgan fingerprint density at radius 3 is 2.50 bits per heavy atom. The number of carbonyl (C=O) groups excluding carboxylic acids is 1. The maximum Gasteiger partial charge on any atom is 0.304 e. The standard InChI is InChI=1S/C14H19NO3/c1-9-4-5-12(6-10(9)2)8-15-14(18)11(3)7-13(16)17/h4-6,11H,7-8H2,1-3H3,(H,15,18)(H,16,17). The molecule has 1 rings (SSSR count). The summed E-state index contributed by atoms with van der Waals surface area (Å²) in [6, 6.07) is 6.00. The van der Waals surface area contributed by atoms with Crippen molar-refractivity contribution in [2.45, 2.75) is 33.7 Å². The van der Waals surface area contributed by atoms with Crippen molar-refractivity contribution in [3.8, 4) is 0 Å². The van der Waals surface area contributed by atoms with Gasteiger partial charge in [-0.15, -0.1) is 0 Å². The minimum atomic E-state index is -0.955. The molecule has 2 N–H and O–H groups in total. The summed E-state index contributed by atoms with van der Waals surface area (Å²) in [7, 11) is 0. The average molecular weight is 249 g/mol. The van der Waals surface area contributed by atoms with E-state index in [2.05, 4.69) is 5.32 Å². The van der Waals surface area contributed by atoms with Crippen molar-refractivity contribution in [3.05, 3.63) is 34.9 Å². The number of carboxylic acid groups (broad SMARTS) is 1. The highest BCUT2D eigenvalue weighted by atomic mass is 16.4. The van der Waals surface area contributed by atoms with E-state index in [1.165, 1.54) is 11.1 Å². The fourth-order valence-corrected chi connectivity index (χ4v) is 1.63. The summed E-state index contributed by atoms with van der Waals surface area (Å²) in [6.45, 7) is 6.11. The van der Waals surface area contributed by atoms with Gasteiger partial charge in [-0.3, -0.25) is 9.59 Å². The Kier molecular flexibility index (Phi) is 4.89. The molecule has 0 bridgehead atoms. The van der Waals surface area contributed by atoms with Crippen LogP contribution in [0.15, 0.2) is 18.2 Å². The van der Waals surface area contributed by atoms with Gasteiger partial charge in [0.1, 0.15) is 0 Å². The van der Waals surface area contributed by atoms with Crippen LogP contribution in [-0.4, -0.2) is 17.0 Å². The van der Waals surface area contributed by atoms with Crippen LogP contribution in [0.2, 0.25) is 0 Å². The zero-order valence-electron chi connectivity index (χ0n) is 11.0. The molecule has 0 aromatic heterocycles. The predicted octanol–water partition coefficient (Wildman–Crippen LogP) is 2.03. The van der Waals surface area contributed by atoms with Gasteiger partial charge in [0.15, 0.2) is 0 Å². The van der Waals surface area contributed by atoms with E-state index < -0.39 is 11.9 Å². The van der Waals surface area contributed by atoms with E-state index in [0.717, 1.165) is 5.56 Å². The van der Waals surface area contributed by atoms with Gasteiger partial charge in [-0.1, -0.05) is 25.1 Å². The fourth-order valence-electron chi connectivity index (χ4n) is 1.63. The summed E-state index contributed by atoms with van der Waals surface area (Å²) >= 11 is 0. The third-order valence-corrected chi connectivity index (χ3v) is 2.97. The van der Waals surface area contributed by atoms with Crippen LogP contribution in [0.25, 0.3) is 0 Å². The molecule has 1 aromatic carbocycles. The summed E-state index contributed by atoms with van der Waals surface area (Å²) in [4.78, 5) is 22.1. The van der Waals surface area contributed by atoms with Crippen molar-refractivity contribution in [3.63, 3.8) is 0 Å². The minimum absolute atomic E-state index is 0.140. The van der Waals surface area contributed by atoms with E-state index in [0.29, 0.717) is 6.54 Å². The fraction of sp³-hybridized carbons (Fsp3) is 0.429. The van der Waals surface area contributed by atoms with Gasteiger partial charge in [-0.25, -0.2) is 0 Å². The van der Waals surface area contributed by atoms with Gasteiger partial charge in [0.05, 0.1) is 6.42 Å². The number of carboxylic acids is 1. The lowest BCUT2D eigenvalue weighted by Gasteiger charge is -2.11. The van der Waals surface area contributed by atoms with Gasteiger partial charge in [0.25, 0.3) is 0 Å². The molecule has 4 heteroatoms. The molecule has 98 valence electrons. The summed E-state index contributed by atoms with van der Waals surface area (Å²) in [6.07, 6.45) is -0.140. The maximum atomic E-state index is 11.6. The van der Waals surface area contributed by atoms with Gasteiger partial charge in [0.2, 0.25) is 5.91 Å². The van der Waals surface area contributed by atoms with Crippen LogP contribution < -0.4 is 5.32 Å². The second kappa shape index (κ2) is 6.19. The van der Waals surface area contributed by atoms with Crippen LogP contribution in [0.5, 0.6) is 0 Å². The van der Waals surface area contributed by atoms with E-state index in [-0.39, 0.29) is 12.3 Å². The molecule has 0 aliphatic heterocycles. The van der Waals surface area contributed by atoms with Gasteiger partial charge < -0.3 is 10.4 Å². The molecule has 0 heterocycles. The summed E-state index contributed by atoms with van der Waals surface area (Å²) in [5.74, 6) is -1.69. The summed E-state index contributed by atoms with van der Waals surface area (Å²) in [5.41, 5.74) is 3.42. The molecule has 0 spiro atoms. The number of carbonyl (C=O) groups is 2. The molecule has 1 unspecified atom stereocenters. The third kappa shape index (κ3) is 4.20. The van der Waals surface area contributed by atoms with Gasteiger partial charge in [-0.05, 0) is 30.5 Å². The maximum absolute atomic E-state index is 11.6. The highest BCUT2D eigenvalue weighted by Crippen LogP contribution is 2.10. The van der Waals surface area contributed by atoms with Crippen LogP contribution in [-0.2, 0) is 16.1 Å². The van der Waals surface area contributed by atoms with E-state index in [9.17, 15) is 9.59 Å². The second-order valence-corrected chi connectivity index (χ2v) is 4.64. The molecule has 4 nitrogen and oxygen atoms in total. The van der Waals surface area contributed by atoms with Crippen LogP contribution >= 0.6 is 0 Å². The Balaban J connectivity index is 2.52. The lowest BCUT2D eigenvalue weighted by Crippen LogP contribution is -2.30. The molecule has 0 aliphatic rings. The van der Waals surface area contributed by atoms with Crippen molar-refractivity contribution in [1.82, 2.24) is 5.32 Å². The second-order valence-electron chi connectivity index (χ2n) is 4.64. The first-order valence-electron chi connectivity index (χ1n) is 5.95. The van der Waals surface area contributed by atoms with Crippen LogP contribution in [0.1, 0.15) is 30.0 Å². The number of hydrogen-bond acceptors (Lipinski definition) is 2. The Hall–Kier alpha value is -1.84. The van der Waals surface area contributed by atoms with Gasteiger partial charge >= 0.3 is 5.97 Å². The van der Waals surface area contributed by atoms with Crippen LogP contribution in [0.3, 0.4) is 0 Å². The number of hydrogen-bond donors (Lipinski definition) is 2. The van der Waals surface area contributed by atoms with Gasteiger partial charge in [-0.2, -0.15) is 0 Å². The van der Waals surface area contributed by atoms with Crippen molar-refractivity contribution in [2.24, 2.45) is 5.92 Å². The minimum Gasteiger partial charge on any atom is -0.481 e. The number of aliphatic carboxylic acids is 1. The highest BCUT2D eigenvalue weighted by Gasteiger charge is 2.15. The Morgan fingerprint density at radius 2 is 1.94 bits per heavy atom. The largest absolute Gasteiger partial charge is 0.481 e. The quantitative estimate of drug-likeness (QED) is 0.839. The summed E-state index contributed by atoms with van der Waals surface area (Å²) in [5, 5.41) is 11.4. The highest BCUT2D eigenvalue weighted by molar-refractivity contribution is 5.82. The van der Waals surface area contributed by atoms with Crippen molar-refractivity contribution < 1.29 is 14.7 Å². The lowest BCUT2D eigenvalue weighted by atomic mass is 10.1. The Bertz CT molecular complexity index is 454. The van der Waals surface area contributed by atoms with E-state index in [1.807, 2.05) is 32.0 Å². The SMILES string of the molecule is Cc1ccc(CNC(=O)C(C)CC(=O)O)cc1C. The van der Waals surface area contributed by atoms with Crippen LogP contribution in [0.4, 0.5) is 0 Å². The normalized spacial score (nSPS) is 11.9. The predicted molar refractivity (Wildman–Crippen MR) is 69.2 cm³/mol. The van der Waals surface area contributed by atoms with E-state index in [1.54, 1.807) is 6.92 Å². The molecule has 0 saturated carbocycles. The number of amides is 1. The topological polar surface area (TPSA) is 66.4 Å². The molecule has 1 aromatic rings. The average Bonchev–Trinajstić information content (AvgIpc) is 2.29. The van der Waals surface area contributed by atoms with Gasteiger partial charge in [0, 0.05) is 12.5 Å². The smallest absolute Gasteiger partial charge is 0.304 e. The number of benzene rings is 1. The number of rotatable bonds is 5. The molecule has 0 radical (unpaired) electrons. The molecular formula is C14H19NO3. The van der Waals surface area contributed by atoms with Crippen molar-refractivity contribution in [1.29, 1.82) is 0 Å². The summed E-state index contributed by atoms with van der Waals surface area (Å²) < 4.78 is 0. The molecule has 1 amide bonds. The molecule has 0 aliphatic carbocycles. The molecule has 0 saturated heterocycles. The van der Waals surface area contributed by atoms with Crippen molar-refractivity contribution in [2.75, 3.05) is 0 Å². The Morgan fingerprint density at radius 1 is 1.28 bits per heavy atom. The zero-order chi connectivity index (χ0) is 13.7. The number of aryl methyl sites for hydroxylation is 2. The first kappa shape index (κ1) is 14.2. The first-order chi connectivity index (χ1) is 8.40. The zero-order valence-corrected chi connectivity index (χ0v) is 11.0. The molecular weight excluding hydrogens is 230 g/mol. The monoisotopic (exact) mass is 249 g/mol. The number of nitrogens with one attached hydrogen (secondary N) is 1. The third-order valence-electron chi connectivity index (χ3n) is 2.97. The molecule has 0 fully saturated rings.